The summed E-state index contributed by atoms with van der Waals surface area (Å²) in [5.74, 6) is 0.831. The molecule has 1 heterocycles. The van der Waals surface area contributed by atoms with Crippen molar-refractivity contribution in [3.63, 3.8) is 0 Å². The van der Waals surface area contributed by atoms with Crippen LogP contribution in [0.2, 0.25) is 0 Å². The summed E-state index contributed by atoms with van der Waals surface area (Å²) >= 11 is 0. The van der Waals surface area contributed by atoms with Gasteiger partial charge in [0, 0.05) is 12.8 Å². The molecule has 0 bridgehead atoms. The van der Waals surface area contributed by atoms with Gasteiger partial charge in [0.1, 0.15) is 5.78 Å². The minimum Gasteiger partial charge on any atom is -0.370 e. The first-order chi connectivity index (χ1) is 8.01. The van der Waals surface area contributed by atoms with E-state index in [9.17, 15) is 4.79 Å². The smallest absolute Gasteiger partial charge is 0.138 e. The Morgan fingerprint density at radius 2 is 1.88 bits per heavy atom. The van der Waals surface area contributed by atoms with Gasteiger partial charge >= 0.3 is 0 Å². The van der Waals surface area contributed by atoms with Gasteiger partial charge < -0.3 is 4.74 Å². The molecule has 0 N–H and O–H groups in total. The zero-order chi connectivity index (χ0) is 12.5. The van der Waals surface area contributed by atoms with Gasteiger partial charge in [-0.25, -0.2) is 0 Å². The van der Waals surface area contributed by atoms with Crippen LogP contribution in [0.1, 0.15) is 50.7 Å². The predicted octanol–water partition coefficient (Wildman–Crippen LogP) is 3.40. The summed E-state index contributed by atoms with van der Waals surface area (Å²) < 4.78 is 5.80. The number of carbonyl (C=O) groups is 1. The number of hydrogen-bond donors (Lipinski definition) is 0. The van der Waals surface area contributed by atoms with Crippen LogP contribution >= 0.6 is 0 Å². The maximum atomic E-state index is 11.5. The topological polar surface area (TPSA) is 26.3 Å². The normalized spacial score (nSPS) is 25.3. The number of Topliss-reactive ketones (excluding diaryl/α,β-unsaturated/α-hetero) is 1. The SMILES string of the molecule is CC(C)c1ccc(C2(C)CC(=O)CCO2)cc1. The van der Waals surface area contributed by atoms with Crippen molar-refractivity contribution in [2.24, 2.45) is 0 Å². The molecule has 92 valence electrons. The largest absolute Gasteiger partial charge is 0.370 e. The molecule has 2 nitrogen and oxygen atoms in total. The van der Waals surface area contributed by atoms with Crippen molar-refractivity contribution >= 4 is 5.78 Å². The van der Waals surface area contributed by atoms with Crippen molar-refractivity contribution in [1.82, 2.24) is 0 Å². The Balaban J connectivity index is 2.24. The molecule has 0 aliphatic carbocycles. The summed E-state index contributed by atoms with van der Waals surface area (Å²) in [5.41, 5.74) is 2.00. The predicted molar refractivity (Wildman–Crippen MR) is 68.1 cm³/mol. The van der Waals surface area contributed by atoms with Gasteiger partial charge in [0.15, 0.2) is 0 Å². The number of ether oxygens (including phenoxy) is 1. The van der Waals surface area contributed by atoms with E-state index >= 15 is 0 Å². The van der Waals surface area contributed by atoms with Crippen LogP contribution in [0.15, 0.2) is 24.3 Å². The first kappa shape index (κ1) is 12.3. The minimum atomic E-state index is -0.426. The quantitative estimate of drug-likeness (QED) is 0.781. The van der Waals surface area contributed by atoms with E-state index in [0.29, 0.717) is 31.1 Å². The average molecular weight is 232 g/mol. The zero-order valence-electron chi connectivity index (χ0n) is 10.8. The maximum Gasteiger partial charge on any atom is 0.138 e. The molecular weight excluding hydrogens is 212 g/mol. The monoisotopic (exact) mass is 232 g/mol. The van der Waals surface area contributed by atoms with Gasteiger partial charge in [-0.2, -0.15) is 0 Å². The lowest BCUT2D eigenvalue weighted by Crippen LogP contribution is -2.34. The number of carbonyl (C=O) groups excluding carboxylic acids is 1. The standard InChI is InChI=1S/C15H20O2/c1-11(2)12-4-6-13(7-5-12)15(3)10-14(16)8-9-17-15/h4-7,11H,8-10H2,1-3H3. The summed E-state index contributed by atoms with van der Waals surface area (Å²) in [7, 11) is 0. The fourth-order valence-corrected chi connectivity index (χ4v) is 2.31. The first-order valence-electron chi connectivity index (χ1n) is 6.27. The van der Waals surface area contributed by atoms with Crippen molar-refractivity contribution in [3.05, 3.63) is 35.4 Å². The van der Waals surface area contributed by atoms with E-state index < -0.39 is 5.60 Å². The molecule has 1 fully saturated rings. The minimum absolute atomic E-state index is 0.298. The molecule has 1 aliphatic heterocycles. The second kappa shape index (κ2) is 4.61. The highest BCUT2D eigenvalue weighted by molar-refractivity contribution is 5.80. The fourth-order valence-electron chi connectivity index (χ4n) is 2.31. The van der Waals surface area contributed by atoms with E-state index in [0.717, 1.165) is 5.56 Å². The van der Waals surface area contributed by atoms with E-state index in [1.165, 1.54) is 5.56 Å². The summed E-state index contributed by atoms with van der Waals surface area (Å²) in [6, 6.07) is 8.45. The fraction of sp³-hybridized carbons (Fsp3) is 0.533. The number of ketones is 1. The van der Waals surface area contributed by atoms with E-state index in [-0.39, 0.29) is 0 Å². The molecule has 0 amide bonds. The zero-order valence-corrected chi connectivity index (χ0v) is 10.8. The van der Waals surface area contributed by atoms with Crippen LogP contribution < -0.4 is 0 Å². The van der Waals surface area contributed by atoms with Crippen LogP contribution in [0.4, 0.5) is 0 Å². The number of hydrogen-bond acceptors (Lipinski definition) is 2. The highest BCUT2D eigenvalue weighted by atomic mass is 16.5. The molecule has 1 aromatic carbocycles. The molecule has 1 saturated heterocycles. The summed E-state index contributed by atoms with van der Waals surface area (Å²) in [4.78, 5) is 11.5. The van der Waals surface area contributed by atoms with Crippen molar-refractivity contribution < 1.29 is 9.53 Å². The molecule has 1 unspecified atom stereocenters. The second-order valence-corrected chi connectivity index (χ2v) is 5.32. The Kier molecular flexibility index (Phi) is 3.34. The van der Waals surface area contributed by atoms with E-state index in [1.807, 2.05) is 6.92 Å². The summed E-state index contributed by atoms with van der Waals surface area (Å²) in [6.45, 7) is 6.91. The lowest BCUT2D eigenvalue weighted by atomic mass is 9.86. The van der Waals surface area contributed by atoms with Gasteiger partial charge in [0.2, 0.25) is 0 Å². The van der Waals surface area contributed by atoms with Crippen LogP contribution in [0.3, 0.4) is 0 Å². The molecule has 1 aromatic rings. The van der Waals surface area contributed by atoms with Crippen molar-refractivity contribution in [3.8, 4) is 0 Å². The molecular formula is C15H20O2. The van der Waals surface area contributed by atoms with E-state index in [4.69, 9.17) is 4.74 Å². The number of benzene rings is 1. The van der Waals surface area contributed by atoms with Crippen LogP contribution in [-0.2, 0) is 15.1 Å². The van der Waals surface area contributed by atoms with Crippen molar-refractivity contribution in [2.45, 2.75) is 45.1 Å². The Labute approximate surface area is 103 Å². The van der Waals surface area contributed by atoms with Gasteiger partial charge in [-0.1, -0.05) is 38.1 Å². The van der Waals surface area contributed by atoms with Crippen LogP contribution in [-0.4, -0.2) is 12.4 Å². The highest BCUT2D eigenvalue weighted by Crippen LogP contribution is 2.33. The Morgan fingerprint density at radius 1 is 1.24 bits per heavy atom. The second-order valence-electron chi connectivity index (χ2n) is 5.32. The molecule has 0 radical (unpaired) electrons. The molecule has 0 saturated carbocycles. The molecule has 17 heavy (non-hydrogen) atoms. The lowest BCUT2D eigenvalue weighted by molar-refractivity contribution is -0.138. The van der Waals surface area contributed by atoms with Gasteiger partial charge in [0.05, 0.1) is 12.2 Å². The third-order valence-corrected chi connectivity index (χ3v) is 3.52. The third-order valence-electron chi connectivity index (χ3n) is 3.52. The van der Waals surface area contributed by atoms with Crippen molar-refractivity contribution in [2.75, 3.05) is 6.61 Å². The summed E-state index contributed by atoms with van der Waals surface area (Å²) in [6.07, 6.45) is 1.05. The van der Waals surface area contributed by atoms with Crippen LogP contribution in [0.5, 0.6) is 0 Å². The van der Waals surface area contributed by atoms with Crippen LogP contribution in [0, 0.1) is 0 Å². The maximum absolute atomic E-state index is 11.5. The van der Waals surface area contributed by atoms with Crippen LogP contribution in [0.25, 0.3) is 0 Å². The molecule has 2 rings (SSSR count). The van der Waals surface area contributed by atoms with Gasteiger partial charge in [-0.05, 0) is 24.0 Å². The molecule has 1 aliphatic rings. The summed E-state index contributed by atoms with van der Waals surface area (Å²) in [5, 5.41) is 0. The molecule has 2 heteroatoms. The average Bonchev–Trinajstić information content (AvgIpc) is 2.29. The van der Waals surface area contributed by atoms with Gasteiger partial charge in [-0.15, -0.1) is 0 Å². The van der Waals surface area contributed by atoms with E-state index in [1.54, 1.807) is 0 Å². The highest BCUT2D eigenvalue weighted by Gasteiger charge is 2.33. The first-order valence-corrected chi connectivity index (χ1v) is 6.27. The molecule has 0 aromatic heterocycles. The lowest BCUT2D eigenvalue weighted by Gasteiger charge is -2.33. The Morgan fingerprint density at radius 3 is 2.41 bits per heavy atom. The Hall–Kier alpha value is -1.15. The number of rotatable bonds is 2. The van der Waals surface area contributed by atoms with Gasteiger partial charge in [0.25, 0.3) is 0 Å². The molecule has 1 atom stereocenters. The van der Waals surface area contributed by atoms with Gasteiger partial charge in [-0.3, -0.25) is 4.79 Å². The third kappa shape index (κ3) is 2.58. The van der Waals surface area contributed by atoms with Crippen molar-refractivity contribution in [1.29, 1.82) is 0 Å². The molecule has 0 spiro atoms. The Bertz CT molecular complexity index is 405. The van der Waals surface area contributed by atoms with E-state index in [2.05, 4.69) is 38.1 Å².